The number of likely N-dealkylation sites (tertiary alicyclic amines) is 1. The summed E-state index contributed by atoms with van der Waals surface area (Å²) >= 11 is 0. The standard InChI is InChI=1S/C19H30N4O3S/c1-27(25,26)23-13-9-17(10-14-23)20-19(24)21-18(15-22-11-5-6-12-22)16-7-3-2-4-8-16/h2-4,7-8,17-18H,5-6,9-15H2,1H3,(H2,20,21,24). The van der Waals surface area contributed by atoms with Crippen molar-refractivity contribution in [3.8, 4) is 0 Å². The number of hydrogen-bond acceptors (Lipinski definition) is 4. The average molecular weight is 395 g/mol. The molecule has 7 nitrogen and oxygen atoms in total. The molecule has 1 aromatic rings. The number of carbonyl (C=O) groups excluding carboxylic acids is 1. The molecule has 1 aromatic carbocycles. The van der Waals surface area contributed by atoms with E-state index in [0.717, 1.165) is 25.2 Å². The molecule has 2 saturated heterocycles. The number of urea groups is 1. The number of amides is 2. The summed E-state index contributed by atoms with van der Waals surface area (Å²) in [6, 6.07) is 9.83. The highest BCUT2D eigenvalue weighted by Gasteiger charge is 2.27. The third kappa shape index (κ3) is 5.92. The van der Waals surface area contributed by atoms with E-state index < -0.39 is 10.0 Å². The van der Waals surface area contributed by atoms with E-state index in [1.54, 1.807) is 0 Å². The van der Waals surface area contributed by atoms with Crippen LogP contribution in [-0.2, 0) is 10.0 Å². The SMILES string of the molecule is CS(=O)(=O)N1CCC(NC(=O)NC(CN2CCCC2)c2ccccc2)CC1. The van der Waals surface area contributed by atoms with Crippen LogP contribution in [0.15, 0.2) is 30.3 Å². The number of hydrogen-bond donors (Lipinski definition) is 2. The summed E-state index contributed by atoms with van der Waals surface area (Å²) in [5, 5.41) is 6.15. The van der Waals surface area contributed by atoms with E-state index in [4.69, 9.17) is 0 Å². The van der Waals surface area contributed by atoms with Gasteiger partial charge in [0.1, 0.15) is 0 Å². The van der Waals surface area contributed by atoms with Gasteiger partial charge in [-0.15, -0.1) is 0 Å². The van der Waals surface area contributed by atoms with Gasteiger partial charge in [-0.25, -0.2) is 17.5 Å². The van der Waals surface area contributed by atoms with Crippen LogP contribution in [0.25, 0.3) is 0 Å². The topological polar surface area (TPSA) is 81.8 Å². The lowest BCUT2D eigenvalue weighted by Gasteiger charge is -2.31. The van der Waals surface area contributed by atoms with Crippen molar-refractivity contribution in [3.05, 3.63) is 35.9 Å². The molecule has 8 heteroatoms. The molecule has 0 radical (unpaired) electrons. The van der Waals surface area contributed by atoms with E-state index in [9.17, 15) is 13.2 Å². The van der Waals surface area contributed by atoms with Gasteiger partial charge in [-0.3, -0.25) is 0 Å². The molecule has 3 rings (SSSR count). The van der Waals surface area contributed by atoms with Gasteiger partial charge >= 0.3 is 6.03 Å². The van der Waals surface area contributed by atoms with Crippen LogP contribution in [0, 0.1) is 0 Å². The van der Waals surface area contributed by atoms with Crippen LogP contribution in [0.1, 0.15) is 37.3 Å². The summed E-state index contributed by atoms with van der Waals surface area (Å²) in [7, 11) is -3.15. The van der Waals surface area contributed by atoms with Gasteiger partial charge in [0, 0.05) is 25.7 Å². The van der Waals surface area contributed by atoms with Crippen molar-refractivity contribution < 1.29 is 13.2 Å². The van der Waals surface area contributed by atoms with Crippen molar-refractivity contribution in [3.63, 3.8) is 0 Å². The maximum atomic E-state index is 12.6. The number of sulfonamides is 1. The van der Waals surface area contributed by atoms with Gasteiger partial charge in [-0.05, 0) is 44.3 Å². The highest BCUT2D eigenvalue weighted by Crippen LogP contribution is 2.18. The third-order valence-electron chi connectivity index (χ3n) is 5.40. The van der Waals surface area contributed by atoms with E-state index in [1.807, 2.05) is 30.3 Å². The Kier molecular flexibility index (Phi) is 6.73. The monoisotopic (exact) mass is 394 g/mol. The molecule has 2 N–H and O–H groups in total. The predicted octanol–water partition coefficient (Wildman–Crippen LogP) is 1.55. The third-order valence-corrected chi connectivity index (χ3v) is 6.71. The van der Waals surface area contributed by atoms with Gasteiger partial charge < -0.3 is 15.5 Å². The fourth-order valence-corrected chi connectivity index (χ4v) is 4.73. The minimum Gasteiger partial charge on any atom is -0.335 e. The quantitative estimate of drug-likeness (QED) is 0.767. The van der Waals surface area contributed by atoms with Crippen LogP contribution < -0.4 is 10.6 Å². The fraction of sp³-hybridized carbons (Fsp3) is 0.632. The Morgan fingerprint density at radius 2 is 1.74 bits per heavy atom. The fourth-order valence-electron chi connectivity index (χ4n) is 3.86. The van der Waals surface area contributed by atoms with Crippen molar-refractivity contribution >= 4 is 16.1 Å². The molecule has 2 aliphatic rings. The van der Waals surface area contributed by atoms with Gasteiger partial charge in [0.25, 0.3) is 0 Å². The molecule has 150 valence electrons. The molecule has 2 heterocycles. The molecule has 0 aromatic heterocycles. The zero-order valence-electron chi connectivity index (χ0n) is 15.9. The molecule has 2 aliphatic heterocycles. The van der Waals surface area contributed by atoms with Gasteiger partial charge in [-0.1, -0.05) is 30.3 Å². The molecule has 27 heavy (non-hydrogen) atoms. The Labute approximate surface area is 162 Å². The smallest absolute Gasteiger partial charge is 0.315 e. The Hall–Kier alpha value is -1.64. The lowest BCUT2D eigenvalue weighted by Crippen LogP contribution is -2.50. The summed E-state index contributed by atoms with van der Waals surface area (Å²) in [6.07, 6.45) is 4.95. The number of rotatable bonds is 6. The molecule has 0 saturated carbocycles. The zero-order chi connectivity index (χ0) is 19.3. The van der Waals surface area contributed by atoms with E-state index in [1.165, 1.54) is 23.4 Å². The second-order valence-electron chi connectivity index (χ2n) is 7.53. The first-order valence-electron chi connectivity index (χ1n) is 9.71. The summed E-state index contributed by atoms with van der Waals surface area (Å²) < 4.78 is 24.7. The maximum absolute atomic E-state index is 12.6. The molecule has 0 spiro atoms. The largest absolute Gasteiger partial charge is 0.335 e. The van der Waals surface area contributed by atoms with Crippen molar-refractivity contribution in [1.82, 2.24) is 19.8 Å². The number of carbonyl (C=O) groups is 1. The average Bonchev–Trinajstić information content (AvgIpc) is 3.15. The molecule has 1 unspecified atom stereocenters. The van der Waals surface area contributed by atoms with Crippen LogP contribution in [0.3, 0.4) is 0 Å². The van der Waals surface area contributed by atoms with Crippen molar-refractivity contribution in [2.24, 2.45) is 0 Å². The van der Waals surface area contributed by atoms with Gasteiger partial charge in [-0.2, -0.15) is 0 Å². The lowest BCUT2D eigenvalue weighted by atomic mass is 10.1. The molecular weight excluding hydrogens is 364 g/mol. The second kappa shape index (κ2) is 9.03. The summed E-state index contributed by atoms with van der Waals surface area (Å²) in [5.41, 5.74) is 1.10. The molecule has 2 fully saturated rings. The maximum Gasteiger partial charge on any atom is 0.315 e. The summed E-state index contributed by atoms with van der Waals surface area (Å²) in [6.45, 7) is 3.89. The summed E-state index contributed by atoms with van der Waals surface area (Å²) in [4.78, 5) is 15.0. The number of nitrogens with one attached hydrogen (secondary N) is 2. The second-order valence-corrected chi connectivity index (χ2v) is 9.51. The number of piperidine rings is 1. The lowest BCUT2D eigenvalue weighted by molar-refractivity contribution is 0.218. The van der Waals surface area contributed by atoms with Gasteiger partial charge in [0.2, 0.25) is 10.0 Å². The van der Waals surface area contributed by atoms with E-state index in [0.29, 0.717) is 25.9 Å². The van der Waals surface area contributed by atoms with Crippen molar-refractivity contribution in [2.45, 2.75) is 37.8 Å². The number of nitrogens with zero attached hydrogens (tertiary/aromatic N) is 2. The first kappa shape index (κ1) is 20.1. The highest BCUT2D eigenvalue weighted by atomic mass is 32.2. The Morgan fingerprint density at radius 3 is 2.33 bits per heavy atom. The highest BCUT2D eigenvalue weighted by molar-refractivity contribution is 7.88. The molecule has 0 bridgehead atoms. The van der Waals surface area contributed by atoms with E-state index in [2.05, 4.69) is 15.5 Å². The van der Waals surface area contributed by atoms with Gasteiger partial charge in [0.05, 0.1) is 12.3 Å². The predicted molar refractivity (Wildman–Crippen MR) is 106 cm³/mol. The van der Waals surface area contributed by atoms with Crippen LogP contribution >= 0.6 is 0 Å². The van der Waals surface area contributed by atoms with E-state index >= 15 is 0 Å². The summed E-state index contributed by atoms with van der Waals surface area (Å²) in [5.74, 6) is 0. The minimum absolute atomic E-state index is 0.00575. The normalized spacial score (nSPS) is 21.1. The Bertz CT molecular complexity index is 712. The van der Waals surface area contributed by atoms with Crippen molar-refractivity contribution in [2.75, 3.05) is 39.0 Å². The molecule has 0 aliphatic carbocycles. The van der Waals surface area contributed by atoms with Crippen LogP contribution in [0.2, 0.25) is 0 Å². The van der Waals surface area contributed by atoms with Crippen LogP contribution in [0.5, 0.6) is 0 Å². The van der Waals surface area contributed by atoms with Crippen LogP contribution in [0.4, 0.5) is 4.79 Å². The van der Waals surface area contributed by atoms with E-state index in [-0.39, 0.29) is 18.1 Å². The molecule has 1 atom stereocenters. The Balaban J connectivity index is 1.55. The number of benzene rings is 1. The molecular formula is C19H30N4O3S. The zero-order valence-corrected chi connectivity index (χ0v) is 16.7. The first-order valence-corrected chi connectivity index (χ1v) is 11.6. The minimum atomic E-state index is -3.15. The molecule has 2 amide bonds. The van der Waals surface area contributed by atoms with Crippen molar-refractivity contribution in [1.29, 1.82) is 0 Å². The van der Waals surface area contributed by atoms with Gasteiger partial charge in [0.15, 0.2) is 0 Å². The van der Waals surface area contributed by atoms with Crippen LogP contribution in [-0.4, -0.2) is 68.7 Å². The first-order chi connectivity index (χ1) is 12.9. The Morgan fingerprint density at radius 1 is 1.11 bits per heavy atom.